The fraction of sp³-hybridized carbons (Fsp3) is 0.625. The van der Waals surface area contributed by atoms with Gasteiger partial charge in [0.15, 0.2) is 0 Å². The van der Waals surface area contributed by atoms with E-state index in [1.807, 2.05) is 18.3 Å². The first-order valence-electron chi connectivity index (χ1n) is 11.3. The van der Waals surface area contributed by atoms with Gasteiger partial charge in [-0.2, -0.15) is 0 Å². The lowest BCUT2D eigenvalue weighted by Gasteiger charge is -2.33. The number of rotatable bonds is 10. The third-order valence-corrected chi connectivity index (χ3v) is 6.29. The van der Waals surface area contributed by atoms with Crippen LogP contribution in [0.4, 0.5) is 0 Å². The van der Waals surface area contributed by atoms with E-state index < -0.39 is 0 Å². The number of benzene rings is 1. The molecule has 0 bridgehead atoms. The van der Waals surface area contributed by atoms with Crippen molar-refractivity contribution in [3.8, 4) is 5.75 Å². The SMILES string of the molecule is CC(c1ccc(Cl)cc1OCCCN(C)C)c1nccn1CC(C)N1CCCCC1. The highest BCUT2D eigenvalue weighted by atomic mass is 35.5. The van der Waals surface area contributed by atoms with Crippen molar-refractivity contribution in [2.75, 3.05) is 40.3 Å². The van der Waals surface area contributed by atoms with Gasteiger partial charge in [-0.15, -0.1) is 0 Å². The summed E-state index contributed by atoms with van der Waals surface area (Å²) in [6, 6.07) is 6.48. The van der Waals surface area contributed by atoms with E-state index in [1.54, 1.807) is 0 Å². The maximum atomic E-state index is 6.28. The van der Waals surface area contributed by atoms with E-state index in [2.05, 4.69) is 54.6 Å². The monoisotopic (exact) mass is 432 g/mol. The number of hydrogen-bond donors (Lipinski definition) is 0. The van der Waals surface area contributed by atoms with Gasteiger partial charge in [-0.25, -0.2) is 4.98 Å². The van der Waals surface area contributed by atoms with Crippen molar-refractivity contribution >= 4 is 11.6 Å². The molecule has 30 heavy (non-hydrogen) atoms. The third kappa shape index (κ3) is 6.22. The van der Waals surface area contributed by atoms with Crippen LogP contribution in [0.15, 0.2) is 30.6 Å². The lowest BCUT2D eigenvalue weighted by Crippen LogP contribution is -2.40. The summed E-state index contributed by atoms with van der Waals surface area (Å²) in [6.45, 7) is 9.61. The molecule has 1 fully saturated rings. The predicted molar refractivity (Wildman–Crippen MR) is 125 cm³/mol. The quantitative estimate of drug-likeness (QED) is 0.500. The Kier molecular flexibility index (Phi) is 8.61. The van der Waals surface area contributed by atoms with Crippen LogP contribution in [0.5, 0.6) is 5.75 Å². The van der Waals surface area contributed by atoms with Crippen molar-refractivity contribution < 1.29 is 4.74 Å². The number of likely N-dealkylation sites (tertiary alicyclic amines) is 1. The molecular weight excluding hydrogens is 396 g/mol. The number of imidazole rings is 1. The molecule has 2 unspecified atom stereocenters. The maximum absolute atomic E-state index is 6.28. The van der Waals surface area contributed by atoms with Crippen LogP contribution < -0.4 is 4.74 Å². The molecule has 3 rings (SSSR count). The molecule has 0 radical (unpaired) electrons. The molecule has 2 aromatic rings. The van der Waals surface area contributed by atoms with Gasteiger partial charge in [-0.3, -0.25) is 4.90 Å². The van der Waals surface area contributed by atoms with E-state index in [-0.39, 0.29) is 5.92 Å². The number of hydrogen-bond acceptors (Lipinski definition) is 4. The Balaban J connectivity index is 1.72. The fourth-order valence-electron chi connectivity index (χ4n) is 4.31. The van der Waals surface area contributed by atoms with Crippen molar-refractivity contribution in [1.29, 1.82) is 0 Å². The molecular formula is C24H37ClN4O. The molecule has 2 heterocycles. The van der Waals surface area contributed by atoms with Gasteiger partial charge in [-0.1, -0.05) is 31.0 Å². The summed E-state index contributed by atoms with van der Waals surface area (Å²) in [6.07, 6.45) is 9.01. The zero-order valence-electron chi connectivity index (χ0n) is 19.0. The van der Waals surface area contributed by atoms with E-state index in [1.165, 1.54) is 32.4 Å². The lowest BCUT2D eigenvalue weighted by molar-refractivity contribution is 0.159. The van der Waals surface area contributed by atoms with Crippen molar-refractivity contribution in [1.82, 2.24) is 19.4 Å². The van der Waals surface area contributed by atoms with Crippen molar-refractivity contribution in [3.63, 3.8) is 0 Å². The van der Waals surface area contributed by atoms with Crippen LogP contribution in [0.25, 0.3) is 0 Å². The molecule has 0 spiro atoms. The summed E-state index contributed by atoms with van der Waals surface area (Å²) in [4.78, 5) is 9.51. The molecule has 5 nitrogen and oxygen atoms in total. The maximum Gasteiger partial charge on any atom is 0.124 e. The van der Waals surface area contributed by atoms with Crippen LogP contribution in [0.3, 0.4) is 0 Å². The minimum Gasteiger partial charge on any atom is -0.493 e. The van der Waals surface area contributed by atoms with Gasteiger partial charge in [0.25, 0.3) is 0 Å². The number of piperidine rings is 1. The summed E-state index contributed by atoms with van der Waals surface area (Å²) < 4.78 is 8.46. The first-order valence-corrected chi connectivity index (χ1v) is 11.7. The Morgan fingerprint density at radius 1 is 1.17 bits per heavy atom. The summed E-state index contributed by atoms with van der Waals surface area (Å²) in [5.74, 6) is 2.08. The molecule has 1 aliphatic heterocycles. The van der Waals surface area contributed by atoms with E-state index in [0.717, 1.165) is 36.6 Å². The molecule has 0 N–H and O–H groups in total. The highest BCUT2D eigenvalue weighted by molar-refractivity contribution is 6.30. The lowest BCUT2D eigenvalue weighted by atomic mass is 9.99. The molecule has 1 saturated heterocycles. The van der Waals surface area contributed by atoms with Crippen LogP contribution in [-0.4, -0.2) is 65.7 Å². The average molecular weight is 433 g/mol. The Hall–Kier alpha value is -1.56. The van der Waals surface area contributed by atoms with Gasteiger partial charge in [-0.05, 0) is 65.5 Å². The van der Waals surface area contributed by atoms with Gasteiger partial charge < -0.3 is 14.2 Å². The predicted octanol–water partition coefficient (Wildman–Crippen LogP) is 4.89. The number of nitrogens with zero attached hydrogens (tertiary/aromatic N) is 4. The Morgan fingerprint density at radius 3 is 2.67 bits per heavy atom. The molecule has 0 amide bonds. The van der Waals surface area contributed by atoms with E-state index in [4.69, 9.17) is 21.3 Å². The summed E-state index contributed by atoms with van der Waals surface area (Å²) in [7, 11) is 4.16. The fourth-order valence-corrected chi connectivity index (χ4v) is 4.47. The Bertz CT molecular complexity index is 785. The minimum absolute atomic E-state index is 0.134. The number of halogens is 1. The zero-order chi connectivity index (χ0) is 21.5. The highest BCUT2D eigenvalue weighted by Gasteiger charge is 2.22. The highest BCUT2D eigenvalue weighted by Crippen LogP contribution is 2.33. The van der Waals surface area contributed by atoms with Gasteiger partial charge >= 0.3 is 0 Å². The minimum atomic E-state index is 0.134. The van der Waals surface area contributed by atoms with Crippen molar-refractivity contribution in [2.24, 2.45) is 0 Å². The van der Waals surface area contributed by atoms with E-state index in [9.17, 15) is 0 Å². The second kappa shape index (κ2) is 11.2. The summed E-state index contributed by atoms with van der Waals surface area (Å²) in [5.41, 5.74) is 1.14. The molecule has 2 atom stereocenters. The van der Waals surface area contributed by atoms with E-state index >= 15 is 0 Å². The second-order valence-electron chi connectivity index (χ2n) is 8.79. The van der Waals surface area contributed by atoms with Crippen LogP contribution >= 0.6 is 11.6 Å². The average Bonchev–Trinajstić information content (AvgIpc) is 3.19. The van der Waals surface area contributed by atoms with Crippen LogP contribution in [0, 0.1) is 0 Å². The number of aromatic nitrogens is 2. The normalized spacial score (nSPS) is 17.3. The molecule has 0 saturated carbocycles. The summed E-state index contributed by atoms with van der Waals surface area (Å²) in [5, 5.41) is 0.704. The van der Waals surface area contributed by atoms with Gasteiger partial charge in [0, 0.05) is 48.0 Å². The van der Waals surface area contributed by atoms with Crippen LogP contribution in [0.2, 0.25) is 5.02 Å². The zero-order valence-corrected chi connectivity index (χ0v) is 19.7. The molecule has 6 heteroatoms. The number of ether oxygens (including phenoxy) is 1. The standard InChI is InChI=1S/C24H37ClN4O/c1-19(28-13-6-5-7-14-28)18-29-15-11-26-24(29)20(2)22-10-9-21(25)17-23(22)30-16-8-12-27(3)4/h9-11,15,17,19-20H,5-8,12-14,16,18H2,1-4H3. The topological polar surface area (TPSA) is 33.5 Å². The third-order valence-electron chi connectivity index (χ3n) is 6.06. The second-order valence-corrected chi connectivity index (χ2v) is 9.23. The smallest absolute Gasteiger partial charge is 0.124 e. The van der Waals surface area contributed by atoms with Crippen molar-refractivity contribution in [3.05, 3.63) is 47.0 Å². The van der Waals surface area contributed by atoms with Crippen LogP contribution in [0.1, 0.15) is 56.8 Å². The molecule has 166 valence electrons. The Morgan fingerprint density at radius 2 is 1.93 bits per heavy atom. The first-order chi connectivity index (χ1) is 14.5. The molecule has 1 aromatic heterocycles. The van der Waals surface area contributed by atoms with Gasteiger partial charge in [0.2, 0.25) is 0 Å². The molecule has 1 aromatic carbocycles. The Labute approximate surface area is 187 Å². The van der Waals surface area contributed by atoms with Gasteiger partial charge in [0.05, 0.1) is 6.61 Å². The van der Waals surface area contributed by atoms with E-state index in [0.29, 0.717) is 17.7 Å². The largest absolute Gasteiger partial charge is 0.493 e. The van der Waals surface area contributed by atoms with Crippen molar-refractivity contribution in [2.45, 2.75) is 58.0 Å². The van der Waals surface area contributed by atoms with Gasteiger partial charge in [0.1, 0.15) is 11.6 Å². The van der Waals surface area contributed by atoms with Crippen LogP contribution in [-0.2, 0) is 6.54 Å². The first kappa shape index (κ1) is 23.1. The summed E-state index contributed by atoms with van der Waals surface area (Å²) >= 11 is 6.28. The molecule has 1 aliphatic rings. The molecule has 0 aliphatic carbocycles.